The van der Waals surface area contributed by atoms with Crippen molar-refractivity contribution >= 4 is 0 Å². The second kappa shape index (κ2) is 3.87. The zero-order valence-corrected chi connectivity index (χ0v) is 13.2. The van der Waals surface area contributed by atoms with Gasteiger partial charge in [-0.05, 0) is 30.6 Å². The Morgan fingerprint density at radius 2 is 1.59 bits per heavy atom. The maximum absolute atomic E-state index is 11.3. The molecule has 9 unspecified atom stereocenters. The van der Waals surface area contributed by atoms with Crippen molar-refractivity contribution in [3.63, 3.8) is 0 Å². The van der Waals surface area contributed by atoms with Crippen molar-refractivity contribution in [2.24, 2.45) is 16.7 Å². The largest absolute Gasteiger partial charge is 0.387 e. The van der Waals surface area contributed by atoms with Crippen molar-refractivity contribution in [2.75, 3.05) is 0 Å². The maximum atomic E-state index is 11.3. The highest BCUT2D eigenvalue weighted by Gasteiger charge is 2.84. The predicted molar refractivity (Wildman–Crippen MR) is 75.8 cm³/mol. The Hall–Kier alpha value is -0.240. The van der Waals surface area contributed by atoms with Crippen LogP contribution in [0.2, 0.25) is 0 Å². The van der Waals surface area contributed by atoms with Crippen LogP contribution in [0.25, 0.3) is 0 Å². The lowest BCUT2D eigenvalue weighted by molar-refractivity contribution is -0.254. The molecule has 4 rings (SSSR count). The minimum Gasteiger partial charge on any atom is -0.387 e. The summed E-state index contributed by atoms with van der Waals surface area (Å²) < 4.78 is 6.10. The van der Waals surface area contributed by atoms with E-state index >= 15 is 0 Å². The van der Waals surface area contributed by atoms with Crippen molar-refractivity contribution in [3.05, 3.63) is 0 Å². The monoisotopic (exact) mass is 314 g/mol. The molecule has 9 atom stereocenters. The molecule has 3 saturated carbocycles. The zero-order chi connectivity index (χ0) is 16.3. The van der Waals surface area contributed by atoms with E-state index < -0.39 is 47.1 Å². The molecule has 0 aromatic rings. The Bertz CT molecular complexity index is 521. The first-order valence-corrected chi connectivity index (χ1v) is 8.17. The fraction of sp³-hybridized carbons (Fsp3) is 1.00. The minimum atomic E-state index is -1.96. The van der Waals surface area contributed by atoms with Gasteiger partial charge in [-0.3, -0.25) is 0 Å². The summed E-state index contributed by atoms with van der Waals surface area (Å²) in [6.07, 6.45) is -4.68. The van der Waals surface area contributed by atoms with Crippen molar-refractivity contribution < 1.29 is 30.3 Å². The molecular weight excluding hydrogens is 288 g/mol. The Kier molecular flexibility index (Phi) is 2.69. The molecule has 4 bridgehead atoms. The van der Waals surface area contributed by atoms with Crippen LogP contribution >= 0.6 is 0 Å². The zero-order valence-electron chi connectivity index (χ0n) is 13.2. The van der Waals surface area contributed by atoms with Crippen LogP contribution in [0.4, 0.5) is 0 Å². The van der Waals surface area contributed by atoms with E-state index in [-0.39, 0.29) is 5.41 Å². The third-order valence-electron chi connectivity index (χ3n) is 8.07. The summed E-state index contributed by atoms with van der Waals surface area (Å²) in [5, 5.41) is 52.6. The van der Waals surface area contributed by atoms with E-state index in [1.165, 1.54) is 0 Å². The summed E-state index contributed by atoms with van der Waals surface area (Å²) in [7, 11) is 0. The van der Waals surface area contributed by atoms with Crippen LogP contribution in [0, 0.1) is 16.7 Å². The van der Waals surface area contributed by atoms with Gasteiger partial charge in [0.05, 0.1) is 0 Å². The molecule has 0 radical (unpaired) electrons. The van der Waals surface area contributed by atoms with E-state index in [1.807, 2.05) is 6.92 Å². The number of aliphatic hydroxyl groups excluding tert-OH is 4. The Balaban J connectivity index is 1.91. The summed E-state index contributed by atoms with van der Waals surface area (Å²) in [4.78, 5) is 0. The number of fused-ring (bicyclic) bond motifs is 6. The fourth-order valence-corrected chi connectivity index (χ4v) is 6.22. The highest BCUT2D eigenvalue weighted by molar-refractivity contribution is 5.33. The van der Waals surface area contributed by atoms with Crippen LogP contribution in [-0.2, 0) is 4.74 Å². The third-order valence-corrected chi connectivity index (χ3v) is 8.07. The summed E-state index contributed by atoms with van der Waals surface area (Å²) in [6.45, 7) is 6.32. The van der Waals surface area contributed by atoms with Crippen molar-refractivity contribution in [1.29, 1.82) is 0 Å². The molecule has 0 aromatic heterocycles. The van der Waals surface area contributed by atoms with Gasteiger partial charge in [0.15, 0.2) is 5.60 Å². The van der Waals surface area contributed by atoms with E-state index in [4.69, 9.17) is 4.74 Å². The topological polar surface area (TPSA) is 110 Å². The van der Waals surface area contributed by atoms with Gasteiger partial charge in [0.25, 0.3) is 0 Å². The molecule has 3 aliphatic carbocycles. The summed E-state index contributed by atoms with van der Waals surface area (Å²) in [6, 6.07) is 0. The molecular formula is C16H26O6. The van der Waals surface area contributed by atoms with Gasteiger partial charge >= 0.3 is 0 Å². The van der Waals surface area contributed by atoms with Gasteiger partial charge in [-0.25, -0.2) is 0 Å². The normalized spacial score (nSPS) is 65.5. The number of ether oxygens (including phenoxy) is 1. The molecule has 4 fully saturated rings. The second-order valence-corrected chi connectivity index (χ2v) is 8.60. The molecule has 5 N–H and O–H groups in total. The van der Waals surface area contributed by atoms with Crippen LogP contribution in [0.15, 0.2) is 0 Å². The fourth-order valence-electron chi connectivity index (χ4n) is 6.22. The van der Waals surface area contributed by atoms with Gasteiger partial charge in [-0.15, -0.1) is 0 Å². The number of rotatable bonds is 0. The van der Waals surface area contributed by atoms with Gasteiger partial charge in [-0.1, -0.05) is 20.8 Å². The Labute approximate surface area is 129 Å². The Morgan fingerprint density at radius 1 is 0.955 bits per heavy atom. The molecule has 1 spiro atoms. The standard InChI is InChI=1S/C16H26O6/c1-13(2)7-4-5-14(13,3)15(6-7)16(21)11(19)9(18)8(17)10(22-15)12(16)20/h7-12,17-21H,4-6H2,1-3H3. The molecule has 1 aliphatic heterocycles. The highest BCUT2D eigenvalue weighted by Crippen LogP contribution is 2.76. The van der Waals surface area contributed by atoms with Crippen LogP contribution in [0.3, 0.4) is 0 Å². The summed E-state index contributed by atoms with van der Waals surface area (Å²) in [5.41, 5.74) is -3.67. The van der Waals surface area contributed by atoms with E-state index in [1.54, 1.807) is 0 Å². The molecule has 0 amide bonds. The molecule has 0 aromatic carbocycles. The Morgan fingerprint density at radius 3 is 2.09 bits per heavy atom. The van der Waals surface area contributed by atoms with E-state index in [0.29, 0.717) is 12.3 Å². The van der Waals surface area contributed by atoms with Crippen LogP contribution in [0.1, 0.15) is 40.0 Å². The lowest BCUT2D eigenvalue weighted by Gasteiger charge is -2.54. The molecule has 1 saturated heterocycles. The first-order valence-electron chi connectivity index (χ1n) is 8.17. The summed E-state index contributed by atoms with van der Waals surface area (Å²) >= 11 is 0. The van der Waals surface area contributed by atoms with Gasteiger partial charge in [0, 0.05) is 5.41 Å². The van der Waals surface area contributed by atoms with Gasteiger partial charge in [-0.2, -0.15) is 0 Å². The van der Waals surface area contributed by atoms with Crippen molar-refractivity contribution in [2.45, 2.75) is 81.8 Å². The summed E-state index contributed by atoms with van der Waals surface area (Å²) in [5.74, 6) is 0.314. The second-order valence-electron chi connectivity index (χ2n) is 8.60. The predicted octanol–water partition coefficient (Wildman–Crippen LogP) is -0.842. The van der Waals surface area contributed by atoms with E-state index in [2.05, 4.69) is 13.8 Å². The van der Waals surface area contributed by atoms with Gasteiger partial charge in [0.1, 0.15) is 36.1 Å². The van der Waals surface area contributed by atoms with E-state index in [9.17, 15) is 25.5 Å². The third kappa shape index (κ3) is 1.18. The van der Waals surface area contributed by atoms with Crippen LogP contribution in [-0.4, -0.2) is 67.3 Å². The first kappa shape index (κ1) is 15.3. The van der Waals surface area contributed by atoms with Crippen LogP contribution in [0.5, 0.6) is 0 Å². The molecule has 4 aliphatic rings. The number of aliphatic hydroxyl groups is 5. The average Bonchev–Trinajstić information content (AvgIpc) is 2.88. The number of hydrogen-bond donors (Lipinski definition) is 5. The quantitative estimate of drug-likeness (QED) is 0.399. The van der Waals surface area contributed by atoms with E-state index in [0.717, 1.165) is 12.8 Å². The molecule has 6 nitrogen and oxygen atoms in total. The molecule has 6 heteroatoms. The van der Waals surface area contributed by atoms with Gasteiger partial charge < -0.3 is 30.3 Å². The number of hydrogen-bond acceptors (Lipinski definition) is 6. The molecule has 22 heavy (non-hydrogen) atoms. The minimum absolute atomic E-state index is 0.116. The van der Waals surface area contributed by atoms with Gasteiger partial charge in [0.2, 0.25) is 0 Å². The lowest BCUT2D eigenvalue weighted by Crippen LogP contribution is -2.74. The lowest BCUT2D eigenvalue weighted by atomic mass is 9.56. The van der Waals surface area contributed by atoms with Crippen molar-refractivity contribution in [3.8, 4) is 0 Å². The average molecular weight is 314 g/mol. The highest BCUT2D eigenvalue weighted by atomic mass is 16.6. The first-order chi connectivity index (χ1) is 10.0. The smallest absolute Gasteiger partial charge is 0.151 e. The SMILES string of the molecule is CC1(C)C2CCC1(C)C1(C2)OC2C(O)C(O)C(O)C1(O)C2O. The van der Waals surface area contributed by atoms with Crippen molar-refractivity contribution in [1.82, 2.24) is 0 Å². The molecule has 126 valence electrons. The molecule has 1 heterocycles. The van der Waals surface area contributed by atoms with Crippen LogP contribution < -0.4 is 0 Å². The maximum Gasteiger partial charge on any atom is 0.151 e.